The molecule has 5 nitrogen and oxygen atoms in total. The summed E-state index contributed by atoms with van der Waals surface area (Å²) in [5, 5.41) is 10.9. The van der Waals surface area contributed by atoms with Gasteiger partial charge in [0.15, 0.2) is 0 Å². The fraction of sp³-hybridized carbons (Fsp3) is 0.200. The summed E-state index contributed by atoms with van der Waals surface area (Å²) in [5.74, 6) is -0.368. The van der Waals surface area contributed by atoms with Crippen molar-refractivity contribution in [3.63, 3.8) is 0 Å². The highest BCUT2D eigenvalue weighted by Gasteiger charge is 2.17. The Morgan fingerprint density at radius 1 is 1.07 bits per heavy atom. The van der Waals surface area contributed by atoms with Crippen LogP contribution in [0.2, 0.25) is 10.0 Å². The van der Waals surface area contributed by atoms with Crippen molar-refractivity contribution in [3.05, 3.63) is 63.8 Å². The standard InChI is InChI=1S/C20H20Cl2N4O/c1-12-10-13-16(24-9-8-23-2)6-7-25-19(13)17(11-12)26-20(27)18-14(21)4-3-5-15(18)22/h3-7,10-11,23H,8-9H2,1-2H3,(H,24,25)(H,26,27). The van der Waals surface area contributed by atoms with Gasteiger partial charge in [-0.25, -0.2) is 0 Å². The molecule has 3 aromatic rings. The number of nitrogens with zero attached hydrogens (tertiary/aromatic N) is 1. The maximum atomic E-state index is 12.8. The average molecular weight is 403 g/mol. The molecule has 7 heteroatoms. The normalized spacial score (nSPS) is 10.8. The summed E-state index contributed by atoms with van der Waals surface area (Å²) in [6.07, 6.45) is 1.72. The van der Waals surface area contributed by atoms with E-state index in [2.05, 4.69) is 20.9 Å². The van der Waals surface area contributed by atoms with Crippen LogP contribution in [0.3, 0.4) is 0 Å². The molecule has 1 heterocycles. The van der Waals surface area contributed by atoms with E-state index in [9.17, 15) is 4.79 Å². The first kappa shape index (κ1) is 19.4. The lowest BCUT2D eigenvalue weighted by atomic mass is 10.1. The van der Waals surface area contributed by atoms with E-state index in [1.54, 1.807) is 24.4 Å². The van der Waals surface area contributed by atoms with Crippen molar-refractivity contribution in [2.75, 3.05) is 30.8 Å². The number of pyridine rings is 1. The number of aryl methyl sites for hydroxylation is 1. The van der Waals surface area contributed by atoms with Crippen LogP contribution in [0.15, 0.2) is 42.6 Å². The summed E-state index contributed by atoms with van der Waals surface area (Å²) < 4.78 is 0. The van der Waals surface area contributed by atoms with Crippen LogP contribution in [0.1, 0.15) is 15.9 Å². The smallest absolute Gasteiger partial charge is 0.258 e. The minimum absolute atomic E-state index is 0.249. The molecule has 0 saturated heterocycles. The maximum absolute atomic E-state index is 12.8. The van der Waals surface area contributed by atoms with Gasteiger partial charge in [0, 0.05) is 30.4 Å². The van der Waals surface area contributed by atoms with E-state index >= 15 is 0 Å². The van der Waals surface area contributed by atoms with E-state index in [4.69, 9.17) is 23.2 Å². The Balaban J connectivity index is 1.99. The van der Waals surface area contributed by atoms with Crippen LogP contribution < -0.4 is 16.0 Å². The number of carbonyl (C=O) groups excluding carboxylic acids is 1. The molecule has 0 aliphatic rings. The third-order valence-electron chi connectivity index (χ3n) is 4.12. The van der Waals surface area contributed by atoms with Crippen molar-refractivity contribution < 1.29 is 4.79 Å². The number of hydrogen-bond donors (Lipinski definition) is 3. The average Bonchev–Trinajstić information content (AvgIpc) is 2.62. The highest BCUT2D eigenvalue weighted by Crippen LogP contribution is 2.31. The summed E-state index contributed by atoms with van der Waals surface area (Å²) in [5.41, 5.74) is 3.53. The molecule has 1 amide bonds. The van der Waals surface area contributed by atoms with Crippen molar-refractivity contribution in [1.29, 1.82) is 0 Å². The monoisotopic (exact) mass is 402 g/mol. The van der Waals surface area contributed by atoms with Crippen LogP contribution in [0, 0.1) is 6.92 Å². The van der Waals surface area contributed by atoms with Crippen LogP contribution in [0.4, 0.5) is 11.4 Å². The topological polar surface area (TPSA) is 66.1 Å². The Hall–Kier alpha value is -2.34. The minimum atomic E-state index is -0.368. The molecule has 0 aliphatic carbocycles. The molecule has 1 aromatic heterocycles. The van der Waals surface area contributed by atoms with Crippen LogP contribution in [0.5, 0.6) is 0 Å². The zero-order chi connectivity index (χ0) is 19.4. The van der Waals surface area contributed by atoms with Gasteiger partial charge in [0.25, 0.3) is 5.91 Å². The van der Waals surface area contributed by atoms with Gasteiger partial charge in [-0.3, -0.25) is 9.78 Å². The molecular formula is C20H20Cl2N4O. The number of benzene rings is 2. The summed E-state index contributed by atoms with van der Waals surface area (Å²) in [6.45, 7) is 3.59. The molecule has 0 radical (unpaired) electrons. The van der Waals surface area contributed by atoms with E-state index < -0.39 is 0 Å². The largest absolute Gasteiger partial charge is 0.383 e. The molecule has 0 aliphatic heterocycles. The second kappa shape index (κ2) is 8.57. The zero-order valence-corrected chi connectivity index (χ0v) is 16.6. The number of fused-ring (bicyclic) bond motifs is 1. The lowest BCUT2D eigenvalue weighted by molar-refractivity contribution is 0.102. The lowest BCUT2D eigenvalue weighted by Crippen LogP contribution is -2.18. The van der Waals surface area contributed by atoms with E-state index in [-0.39, 0.29) is 11.5 Å². The SMILES string of the molecule is CNCCNc1ccnc2c(NC(=O)c3c(Cl)cccc3Cl)cc(C)cc12. The van der Waals surface area contributed by atoms with Crippen molar-refractivity contribution in [2.24, 2.45) is 0 Å². The van der Waals surface area contributed by atoms with E-state index in [1.165, 1.54) is 0 Å². The number of amides is 1. The summed E-state index contributed by atoms with van der Waals surface area (Å²) >= 11 is 12.3. The Kier molecular flexibility index (Phi) is 6.16. The van der Waals surface area contributed by atoms with Gasteiger partial charge in [-0.15, -0.1) is 0 Å². The van der Waals surface area contributed by atoms with Crippen LogP contribution >= 0.6 is 23.2 Å². The number of carbonyl (C=O) groups is 1. The Labute approximate surface area is 168 Å². The lowest BCUT2D eigenvalue weighted by Gasteiger charge is -2.14. The van der Waals surface area contributed by atoms with Crippen molar-refractivity contribution in [1.82, 2.24) is 10.3 Å². The number of likely N-dealkylation sites (N-methyl/N-ethyl adjacent to an activating group) is 1. The molecule has 0 atom stereocenters. The molecular weight excluding hydrogens is 383 g/mol. The van der Waals surface area contributed by atoms with Crippen LogP contribution in [-0.4, -0.2) is 31.0 Å². The van der Waals surface area contributed by atoms with Gasteiger partial charge in [-0.05, 0) is 49.9 Å². The third-order valence-corrected chi connectivity index (χ3v) is 4.75. The minimum Gasteiger partial charge on any atom is -0.383 e. The number of hydrogen-bond acceptors (Lipinski definition) is 4. The number of rotatable bonds is 6. The first-order valence-electron chi connectivity index (χ1n) is 8.54. The quantitative estimate of drug-likeness (QED) is 0.521. The molecule has 0 spiro atoms. The molecule has 3 rings (SSSR count). The fourth-order valence-electron chi connectivity index (χ4n) is 2.87. The maximum Gasteiger partial charge on any atom is 0.258 e. The van der Waals surface area contributed by atoms with Crippen LogP contribution in [-0.2, 0) is 0 Å². The van der Waals surface area contributed by atoms with Crippen LogP contribution in [0.25, 0.3) is 10.9 Å². The van der Waals surface area contributed by atoms with Gasteiger partial charge in [-0.2, -0.15) is 0 Å². The van der Waals surface area contributed by atoms with Gasteiger partial charge < -0.3 is 16.0 Å². The van der Waals surface area contributed by atoms with E-state index in [0.29, 0.717) is 21.2 Å². The molecule has 3 N–H and O–H groups in total. The summed E-state index contributed by atoms with van der Waals surface area (Å²) in [6, 6.07) is 10.8. The molecule has 2 aromatic carbocycles. The van der Waals surface area contributed by atoms with Gasteiger partial charge in [0.1, 0.15) is 0 Å². The highest BCUT2D eigenvalue weighted by atomic mass is 35.5. The van der Waals surface area contributed by atoms with Crippen molar-refractivity contribution >= 4 is 51.4 Å². The second-order valence-electron chi connectivity index (χ2n) is 6.15. The second-order valence-corrected chi connectivity index (χ2v) is 6.96. The van der Waals surface area contributed by atoms with Gasteiger partial charge in [-0.1, -0.05) is 29.3 Å². The number of halogens is 2. The van der Waals surface area contributed by atoms with E-state index in [0.717, 1.165) is 29.7 Å². The molecule has 0 unspecified atom stereocenters. The Morgan fingerprint density at radius 3 is 2.52 bits per heavy atom. The molecule has 0 fully saturated rings. The van der Waals surface area contributed by atoms with Gasteiger partial charge in [0.05, 0.1) is 26.8 Å². The molecule has 140 valence electrons. The first-order valence-corrected chi connectivity index (χ1v) is 9.30. The highest BCUT2D eigenvalue weighted by molar-refractivity contribution is 6.40. The third kappa shape index (κ3) is 4.33. The number of aromatic nitrogens is 1. The summed E-state index contributed by atoms with van der Waals surface area (Å²) in [4.78, 5) is 17.2. The molecule has 27 heavy (non-hydrogen) atoms. The van der Waals surface area contributed by atoms with Gasteiger partial charge in [0.2, 0.25) is 0 Å². The first-order chi connectivity index (χ1) is 13.0. The number of anilines is 2. The predicted molar refractivity (Wildman–Crippen MR) is 113 cm³/mol. The van der Waals surface area contributed by atoms with Crippen molar-refractivity contribution in [3.8, 4) is 0 Å². The fourth-order valence-corrected chi connectivity index (χ4v) is 3.44. The molecule has 0 saturated carbocycles. The Morgan fingerprint density at radius 2 is 1.81 bits per heavy atom. The van der Waals surface area contributed by atoms with Crippen molar-refractivity contribution in [2.45, 2.75) is 6.92 Å². The zero-order valence-electron chi connectivity index (χ0n) is 15.1. The number of nitrogens with one attached hydrogen (secondary N) is 3. The van der Waals surface area contributed by atoms with Gasteiger partial charge >= 0.3 is 0 Å². The van der Waals surface area contributed by atoms with E-state index in [1.807, 2.05) is 32.2 Å². The Bertz CT molecular complexity index is 971. The predicted octanol–water partition coefficient (Wildman–Crippen LogP) is 4.73. The summed E-state index contributed by atoms with van der Waals surface area (Å²) in [7, 11) is 1.91. The molecule has 0 bridgehead atoms.